The van der Waals surface area contributed by atoms with Crippen LogP contribution in [0.3, 0.4) is 0 Å². The Hall–Kier alpha value is -3.74. The number of methoxy groups -OCH3 is 1. The van der Waals surface area contributed by atoms with Crippen molar-refractivity contribution in [2.45, 2.75) is 53.0 Å². The average Bonchev–Trinajstić information content (AvgIpc) is 3.02. The maximum absolute atomic E-state index is 13.1. The topological polar surface area (TPSA) is 68.0 Å². The van der Waals surface area contributed by atoms with E-state index in [-0.39, 0.29) is 11.9 Å². The molecular formula is C36H44ClN3O3. The van der Waals surface area contributed by atoms with Crippen molar-refractivity contribution in [1.29, 1.82) is 0 Å². The maximum Gasteiger partial charge on any atom is 0.254 e. The normalized spacial score (nSPS) is 16.4. The highest BCUT2D eigenvalue weighted by Crippen LogP contribution is 2.39. The first-order valence-corrected chi connectivity index (χ1v) is 15.4. The van der Waals surface area contributed by atoms with E-state index in [0.717, 1.165) is 76.0 Å². The van der Waals surface area contributed by atoms with E-state index in [1.165, 1.54) is 5.56 Å². The Labute approximate surface area is 261 Å². The number of halogens is 1. The fraction of sp³-hybridized carbons (Fsp3) is 0.361. The number of carbonyl (C=O) groups excluding carboxylic acids is 1. The lowest BCUT2D eigenvalue weighted by molar-refractivity contribution is 0.0708. The molecule has 1 unspecified atom stereocenters. The van der Waals surface area contributed by atoms with Gasteiger partial charge in [0.1, 0.15) is 18.1 Å². The van der Waals surface area contributed by atoms with Crippen molar-refractivity contribution < 1.29 is 14.3 Å². The van der Waals surface area contributed by atoms with Gasteiger partial charge in [-0.25, -0.2) is 0 Å². The van der Waals surface area contributed by atoms with Gasteiger partial charge in [0.2, 0.25) is 0 Å². The molecular weight excluding hydrogens is 558 g/mol. The number of hydrogen-bond acceptors (Lipinski definition) is 5. The number of rotatable bonds is 6. The lowest BCUT2D eigenvalue weighted by Crippen LogP contribution is -2.45. The van der Waals surface area contributed by atoms with Crippen LogP contribution in [0.4, 0.5) is 5.69 Å². The Balaban J connectivity index is 0.000000359. The van der Waals surface area contributed by atoms with Gasteiger partial charge >= 0.3 is 0 Å². The largest absolute Gasteiger partial charge is 0.497 e. The molecule has 0 aromatic heterocycles. The van der Waals surface area contributed by atoms with Crippen LogP contribution in [0.25, 0.3) is 6.08 Å². The molecule has 0 spiro atoms. The number of piperidine rings is 1. The number of allylic oxidation sites excluding steroid dienone is 1. The van der Waals surface area contributed by atoms with Gasteiger partial charge in [-0.15, -0.1) is 0 Å². The Morgan fingerprint density at radius 2 is 1.91 bits per heavy atom. The Morgan fingerprint density at radius 1 is 1.16 bits per heavy atom. The summed E-state index contributed by atoms with van der Waals surface area (Å²) in [6, 6.07) is 17.9. The number of likely N-dealkylation sites (tertiary alicyclic amines) is 1. The van der Waals surface area contributed by atoms with E-state index in [1.807, 2.05) is 55.1 Å². The van der Waals surface area contributed by atoms with E-state index < -0.39 is 0 Å². The van der Waals surface area contributed by atoms with Gasteiger partial charge in [0.15, 0.2) is 0 Å². The highest BCUT2D eigenvalue weighted by atomic mass is 35.5. The van der Waals surface area contributed by atoms with Crippen LogP contribution in [-0.4, -0.2) is 50.2 Å². The van der Waals surface area contributed by atoms with E-state index in [2.05, 4.69) is 49.6 Å². The summed E-state index contributed by atoms with van der Waals surface area (Å²) in [4.78, 5) is 17.2. The molecule has 3 aromatic rings. The van der Waals surface area contributed by atoms with Gasteiger partial charge in [-0.1, -0.05) is 49.4 Å². The highest BCUT2D eigenvalue weighted by Gasteiger charge is 2.27. The molecule has 1 atom stereocenters. The molecule has 43 heavy (non-hydrogen) atoms. The minimum atomic E-state index is 0.0168. The number of fused-ring (bicyclic) bond motifs is 1. The van der Waals surface area contributed by atoms with Crippen molar-refractivity contribution in [1.82, 2.24) is 4.90 Å². The summed E-state index contributed by atoms with van der Waals surface area (Å²) in [5.41, 5.74) is 14.1. The van der Waals surface area contributed by atoms with Gasteiger partial charge in [-0.2, -0.15) is 0 Å². The first kappa shape index (κ1) is 32.2. The number of nitrogens with zero attached hydrogens (tertiary/aromatic N) is 2. The predicted octanol–water partition coefficient (Wildman–Crippen LogP) is 7.59. The molecule has 0 radical (unpaired) electrons. The van der Waals surface area contributed by atoms with Crippen LogP contribution < -0.4 is 20.1 Å². The van der Waals surface area contributed by atoms with Gasteiger partial charge in [0, 0.05) is 35.4 Å². The summed E-state index contributed by atoms with van der Waals surface area (Å²) in [6.45, 7) is 15.2. The quantitative estimate of drug-likeness (QED) is 0.295. The van der Waals surface area contributed by atoms with Crippen LogP contribution in [0.2, 0.25) is 5.02 Å². The van der Waals surface area contributed by atoms with Gasteiger partial charge in [0.25, 0.3) is 5.91 Å². The molecule has 0 saturated carbocycles. The molecule has 1 saturated heterocycles. The molecule has 1 amide bonds. The zero-order valence-electron chi connectivity index (χ0n) is 26.1. The number of aryl methyl sites for hydroxylation is 2. The monoisotopic (exact) mass is 601 g/mol. The lowest BCUT2D eigenvalue weighted by atomic mass is 10.0. The first-order valence-electron chi connectivity index (χ1n) is 15.0. The summed E-state index contributed by atoms with van der Waals surface area (Å²) in [5, 5.41) is 0.751. The molecule has 2 heterocycles. The smallest absolute Gasteiger partial charge is 0.254 e. The molecule has 2 aliphatic rings. The third-order valence-corrected chi connectivity index (χ3v) is 8.54. The molecule has 6 nitrogen and oxygen atoms in total. The van der Waals surface area contributed by atoms with Crippen LogP contribution in [0.5, 0.6) is 11.5 Å². The maximum atomic E-state index is 13.1. The van der Waals surface area contributed by atoms with Crippen molar-refractivity contribution in [2.24, 2.45) is 5.73 Å². The summed E-state index contributed by atoms with van der Waals surface area (Å²) in [6.07, 6.45) is 5.11. The lowest BCUT2D eigenvalue weighted by Gasteiger charge is -2.35. The van der Waals surface area contributed by atoms with Crippen LogP contribution >= 0.6 is 11.6 Å². The van der Waals surface area contributed by atoms with Crippen molar-refractivity contribution >= 4 is 29.3 Å². The number of amides is 1. The van der Waals surface area contributed by atoms with E-state index >= 15 is 0 Å². The average molecular weight is 602 g/mol. The molecule has 3 aromatic carbocycles. The van der Waals surface area contributed by atoms with Gasteiger partial charge in [0.05, 0.1) is 19.3 Å². The van der Waals surface area contributed by atoms with Crippen molar-refractivity contribution in [3.05, 3.63) is 105 Å². The number of hydrogen-bond donors (Lipinski definition) is 1. The number of benzene rings is 3. The van der Waals surface area contributed by atoms with E-state index in [1.54, 1.807) is 7.11 Å². The Bertz CT molecular complexity index is 1460. The standard InChI is InChI=1S/C27H32ClN3O2.C9H12O/c1-17(13-21-7-5-9-24(28)19(21)3)20(4)31-11-12-33-25-15-22(14-18(2)26(25)31)27(32)30-10-6-8-23(29)16-30;1-3-8-4-6-9(10-2)7-5-8/h5,7,9,13-15,23H,4,6,8,10-12,16,29H2,1-3H3;4-7H,3H2,1-2H3/b17-13+;. The summed E-state index contributed by atoms with van der Waals surface area (Å²) >= 11 is 6.30. The van der Waals surface area contributed by atoms with Gasteiger partial charge in [-0.3, -0.25) is 4.79 Å². The van der Waals surface area contributed by atoms with Gasteiger partial charge < -0.3 is 25.0 Å². The van der Waals surface area contributed by atoms with E-state index in [4.69, 9.17) is 26.8 Å². The van der Waals surface area contributed by atoms with Crippen molar-refractivity contribution in [2.75, 3.05) is 38.3 Å². The van der Waals surface area contributed by atoms with E-state index in [0.29, 0.717) is 25.3 Å². The second-order valence-corrected chi connectivity index (χ2v) is 11.6. The molecule has 7 heteroatoms. The number of nitrogens with two attached hydrogens (primary N) is 1. The van der Waals surface area contributed by atoms with Gasteiger partial charge in [-0.05, 0) is 104 Å². The second kappa shape index (κ2) is 14.6. The molecule has 1 fully saturated rings. The van der Waals surface area contributed by atoms with Crippen LogP contribution in [0, 0.1) is 13.8 Å². The highest BCUT2D eigenvalue weighted by molar-refractivity contribution is 6.31. The Kier molecular flexibility index (Phi) is 10.9. The van der Waals surface area contributed by atoms with Crippen molar-refractivity contribution in [3.8, 4) is 11.5 Å². The SMILES string of the molecule is C=C(/C(C)=C/c1cccc(Cl)c1C)N1CCOc2cc(C(=O)N3CCCC(N)C3)cc(C)c21.CCc1ccc(OC)cc1. The zero-order valence-corrected chi connectivity index (χ0v) is 26.8. The predicted molar refractivity (Wildman–Crippen MR) is 178 cm³/mol. The second-order valence-electron chi connectivity index (χ2n) is 11.2. The molecule has 228 valence electrons. The molecule has 0 bridgehead atoms. The molecule has 2 aliphatic heterocycles. The molecule has 0 aliphatic carbocycles. The summed E-state index contributed by atoms with van der Waals surface area (Å²) < 4.78 is 11.0. The first-order chi connectivity index (χ1) is 20.6. The fourth-order valence-electron chi connectivity index (χ4n) is 5.50. The number of anilines is 1. The Morgan fingerprint density at radius 3 is 2.58 bits per heavy atom. The third kappa shape index (κ3) is 7.81. The van der Waals surface area contributed by atoms with Crippen molar-refractivity contribution in [3.63, 3.8) is 0 Å². The number of carbonyl (C=O) groups is 1. The van der Waals surface area contributed by atoms with Crippen LogP contribution in [-0.2, 0) is 6.42 Å². The van der Waals surface area contributed by atoms with E-state index in [9.17, 15) is 4.79 Å². The zero-order chi connectivity index (χ0) is 31.1. The summed E-state index contributed by atoms with van der Waals surface area (Å²) in [7, 11) is 1.68. The number of ether oxygens (including phenoxy) is 2. The minimum Gasteiger partial charge on any atom is -0.497 e. The minimum absolute atomic E-state index is 0.0168. The van der Waals surface area contributed by atoms with Crippen LogP contribution in [0.15, 0.2) is 72.4 Å². The van der Waals surface area contributed by atoms with Crippen LogP contribution in [0.1, 0.15) is 59.3 Å². The molecule has 2 N–H and O–H groups in total. The summed E-state index contributed by atoms with van der Waals surface area (Å²) in [5.74, 6) is 1.67. The molecule has 5 rings (SSSR count). The fourth-order valence-corrected chi connectivity index (χ4v) is 5.69. The third-order valence-electron chi connectivity index (χ3n) is 8.13.